The van der Waals surface area contributed by atoms with Gasteiger partial charge in [-0.3, -0.25) is 14.9 Å². The van der Waals surface area contributed by atoms with E-state index in [0.29, 0.717) is 12.5 Å². The van der Waals surface area contributed by atoms with Gasteiger partial charge in [-0.2, -0.15) is 0 Å². The van der Waals surface area contributed by atoms with Crippen molar-refractivity contribution < 1.29 is 9.47 Å². The molecule has 0 amide bonds. The predicted molar refractivity (Wildman–Crippen MR) is 90.2 cm³/mol. The minimum atomic E-state index is -0.00283. The fourth-order valence-electron chi connectivity index (χ4n) is 3.74. The summed E-state index contributed by atoms with van der Waals surface area (Å²) in [6.45, 7) is 5.16. The normalized spacial score (nSPS) is 22.6. The van der Waals surface area contributed by atoms with Crippen molar-refractivity contribution in [3.8, 4) is 0 Å². The second kappa shape index (κ2) is 6.97. The molecule has 5 nitrogen and oxygen atoms in total. The minimum absolute atomic E-state index is 0.00283. The average molecular weight is 325 g/mol. The minimum Gasteiger partial charge on any atom is -0.376 e. The molecule has 0 bridgehead atoms. The summed E-state index contributed by atoms with van der Waals surface area (Å²) in [5.74, 6) is 0.485. The Morgan fingerprint density at radius 3 is 2.58 bits per heavy atom. The largest absolute Gasteiger partial charge is 0.376 e. The van der Waals surface area contributed by atoms with E-state index in [1.165, 1.54) is 5.56 Å². The quantitative estimate of drug-likeness (QED) is 0.815. The van der Waals surface area contributed by atoms with Gasteiger partial charge < -0.3 is 9.47 Å². The van der Waals surface area contributed by atoms with Gasteiger partial charge in [0.1, 0.15) is 0 Å². The van der Waals surface area contributed by atoms with E-state index < -0.39 is 0 Å². The molecule has 0 N–H and O–H groups in total. The van der Waals surface area contributed by atoms with Gasteiger partial charge in [0.05, 0.1) is 18.8 Å². The summed E-state index contributed by atoms with van der Waals surface area (Å²) in [5, 5.41) is 0. The zero-order chi connectivity index (χ0) is 16.2. The summed E-state index contributed by atoms with van der Waals surface area (Å²) < 4.78 is 12.0. The van der Waals surface area contributed by atoms with Crippen molar-refractivity contribution in [3.05, 3.63) is 60.2 Å². The molecule has 2 aliphatic heterocycles. The third kappa shape index (κ3) is 3.34. The van der Waals surface area contributed by atoms with Gasteiger partial charge in [-0.05, 0) is 29.7 Å². The van der Waals surface area contributed by atoms with Crippen LogP contribution in [0.3, 0.4) is 0 Å². The van der Waals surface area contributed by atoms with Crippen LogP contribution < -0.4 is 0 Å². The summed E-state index contributed by atoms with van der Waals surface area (Å²) in [6, 6.07) is 8.11. The maximum absolute atomic E-state index is 6.11. The molecule has 2 aromatic heterocycles. The standard InChI is InChI=1S/C19H23N3O2/c1-3-16(9-20-6-1)11-22-14-19(15-22)18(5-8-24-19)13-23-12-17-4-2-7-21-10-17/h1-4,6-7,9-10,18H,5,8,11-15H2/t18-/m0/s1. The number of likely N-dealkylation sites (tertiary alicyclic amines) is 1. The first kappa shape index (κ1) is 15.7. The van der Waals surface area contributed by atoms with Gasteiger partial charge in [0.25, 0.3) is 0 Å². The van der Waals surface area contributed by atoms with E-state index >= 15 is 0 Å². The molecule has 2 saturated heterocycles. The molecular weight excluding hydrogens is 302 g/mol. The average Bonchev–Trinajstić information content (AvgIpc) is 3.00. The summed E-state index contributed by atoms with van der Waals surface area (Å²) in [7, 11) is 0. The third-order valence-electron chi connectivity index (χ3n) is 5.02. The van der Waals surface area contributed by atoms with Gasteiger partial charge in [-0.15, -0.1) is 0 Å². The maximum atomic E-state index is 6.11. The highest BCUT2D eigenvalue weighted by atomic mass is 16.5. The molecule has 0 saturated carbocycles. The van der Waals surface area contributed by atoms with Gasteiger partial charge in [0.2, 0.25) is 0 Å². The Labute approximate surface area is 142 Å². The van der Waals surface area contributed by atoms with E-state index in [1.54, 1.807) is 6.20 Å². The Morgan fingerprint density at radius 2 is 1.88 bits per heavy atom. The topological polar surface area (TPSA) is 47.5 Å². The van der Waals surface area contributed by atoms with E-state index in [-0.39, 0.29) is 5.60 Å². The predicted octanol–water partition coefficient (Wildman–Crippen LogP) is 2.28. The summed E-state index contributed by atoms with van der Waals surface area (Å²) >= 11 is 0. The van der Waals surface area contributed by atoms with Crippen LogP contribution in [0.1, 0.15) is 17.5 Å². The fourth-order valence-corrected chi connectivity index (χ4v) is 3.74. The van der Waals surface area contributed by atoms with Gasteiger partial charge in [0.15, 0.2) is 0 Å². The smallest absolute Gasteiger partial charge is 0.0985 e. The van der Waals surface area contributed by atoms with Gasteiger partial charge >= 0.3 is 0 Å². The lowest BCUT2D eigenvalue weighted by atomic mass is 9.81. The Hall–Kier alpha value is -1.82. The number of nitrogens with zero attached hydrogens (tertiary/aromatic N) is 3. The maximum Gasteiger partial charge on any atom is 0.0985 e. The van der Waals surface area contributed by atoms with E-state index in [2.05, 4.69) is 20.9 Å². The SMILES string of the molecule is c1cncc(COC[C@@H]2CCOC23CN(Cc2cccnc2)C3)c1. The number of rotatable bonds is 6. The van der Waals surface area contributed by atoms with Gasteiger partial charge in [-0.25, -0.2) is 0 Å². The number of ether oxygens (including phenoxy) is 2. The van der Waals surface area contributed by atoms with E-state index in [0.717, 1.165) is 44.8 Å². The number of aromatic nitrogens is 2. The second-order valence-corrected chi connectivity index (χ2v) is 6.78. The van der Waals surface area contributed by atoms with Crippen molar-refractivity contribution in [1.82, 2.24) is 14.9 Å². The van der Waals surface area contributed by atoms with E-state index in [4.69, 9.17) is 9.47 Å². The molecule has 4 heterocycles. The molecule has 24 heavy (non-hydrogen) atoms. The van der Waals surface area contributed by atoms with Crippen molar-refractivity contribution in [2.45, 2.75) is 25.2 Å². The molecule has 4 rings (SSSR count). The van der Waals surface area contributed by atoms with Crippen molar-refractivity contribution in [1.29, 1.82) is 0 Å². The van der Waals surface area contributed by atoms with Crippen LogP contribution in [0.25, 0.3) is 0 Å². The molecule has 2 aliphatic rings. The molecular formula is C19H23N3O2. The first-order chi connectivity index (χ1) is 11.8. The van der Waals surface area contributed by atoms with Gasteiger partial charge in [-0.1, -0.05) is 12.1 Å². The summed E-state index contributed by atoms with van der Waals surface area (Å²) in [5.41, 5.74) is 2.38. The molecule has 0 radical (unpaired) electrons. The Morgan fingerprint density at radius 1 is 1.12 bits per heavy atom. The number of hydrogen-bond acceptors (Lipinski definition) is 5. The molecule has 2 fully saturated rings. The first-order valence-electron chi connectivity index (χ1n) is 8.56. The monoisotopic (exact) mass is 325 g/mol. The van der Waals surface area contributed by atoms with Crippen molar-refractivity contribution in [3.63, 3.8) is 0 Å². The van der Waals surface area contributed by atoms with Crippen molar-refractivity contribution >= 4 is 0 Å². The van der Waals surface area contributed by atoms with Crippen LogP contribution >= 0.6 is 0 Å². The van der Waals surface area contributed by atoms with Crippen LogP contribution in [0.4, 0.5) is 0 Å². The molecule has 126 valence electrons. The lowest BCUT2D eigenvalue weighted by molar-refractivity contribution is -0.146. The molecule has 0 aromatic carbocycles. The fraction of sp³-hybridized carbons (Fsp3) is 0.474. The Balaban J connectivity index is 1.27. The highest BCUT2D eigenvalue weighted by Gasteiger charge is 2.52. The Bertz CT molecular complexity index is 644. The molecule has 5 heteroatoms. The van der Waals surface area contributed by atoms with Crippen LogP contribution in [0.5, 0.6) is 0 Å². The zero-order valence-electron chi connectivity index (χ0n) is 13.8. The van der Waals surface area contributed by atoms with Crippen LogP contribution in [0.2, 0.25) is 0 Å². The highest BCUT2D eigenvalue weighted by Crippen LogP contribution is 2.40. The molecule has 0 unspecified atom stereocenters. The van der Waals surface area contributed by atoms with Crippen LogP contribution in [0, 0.1) is 5.92 Å². The number of hydrogen-bond donors (Lipinski definition) is 0. The van der Waals surface area contributed by atoms with Gasteiger partial charge in [0, 0.05) is 56.9 Å². The van der Waals surface area contributed by atoms with E-state index in [9.17, 15) is 0 Å². The molecule has 0 aliphatic carbocycles. The van der Waals surface area contributed by atoms with Crippen molar-refractivity contribution in [2.75, 3.05) is 26.3 Å². The van der Waals surface area contributed by atoms with Crippen LogP contribution in [-0.4, -0.2) is 46.8 Å². The Kier molecular flexibility index (Phi) is 4.56. The summed E-state index contributed by atoms with van der Waals surface area (Å²) in [6.07, 6.45) is 8.49. The second-order valence-electron chi connectivity index (χ2n) is 6.78. The lowest BCUT2D eigenvalue weighted by Gasteiger charge is -2.50. The van der Waals surface area contributed by atoms with Crippen molar-refractivity contribution in [2.24, 2.45) is 5.92 Å². The highest BCUT2D eigenvalue weighted by molar-refractivity contribution is 5.12. The van der Waals surface area contributed by atoms with Crippen LogP contribution in [0.15, 0.2) is 49.1 Å². The van der Waals surface area contributed by atoms with E-state index in [1.807, 2.05) is 36.8 Å². The lowest BCUT2D eigenvalue weighted by Crippen LogP contribution is -2.64. The zero-order valence-corrected chi connectivity index (χ0v) is 13.8. The third-order valence-corrected chi connectivity index (χ3v) is 5.02. The molecule has 1 atom stereocenters. The molecule has 2 aromatic rings. The first-order valence-corrected chi connectivity index (χ1v) is 8.56. The van der Waals surface area contributed by atoms with Crippen LogP contribution in [-0.2, 0) is 22.6 Å². The number of pyridine rings is 2. The summed E-state index contributed by atoms with van der Waals surface area (Å²) in [4.78, 5) is 10.7. The molecule has 1 spiro atoms.